The molecule has 0 bridgehead atoms. The number of piperidine rings is 1. The first kappa shape index (κ1) is 6.98. The Bertz CT molecular complexity index is 60.8. The zero-order valence-electron chi connectivity index (χ0n) is 4.81. The van der Waals surface area contributed by atoms with Gasteiger partial charge in [0.2, 0.25) is 0 Å². The molecular weight excluding hydrogens is 185 g/mol. The second kappa shape index (κ2) is 3.14. The maximum atomic E-state index is 3.58. The fourth-order valence-corrected chi connectivity index (χ4v) is 1.58. The van der Waals surface area contributed by atoms with Gasteiger partial charge in [0.05, 0.1) is 0 Å². The molecule has 0 aliphatic carbocycles. The molecule has 1 aliphatic rings. The van der Waals surface area contributed by atoms with Crippen LogP contribution in [0.1, 0.15) is 12.8 Å². The molecule has 1 unspecified atom stereocenters. The van der Waals surface area contributed by atoms with Crippen LogP contribution in [0, 0.1) is 0 Å². The standard InChI is InChI=1S/C5H11BrNP/c6-5-1-3-7(8)4-2-5/h5H,1-4,8H2. The lowest BCUT2D eigenvalue weighted by Gasteiger charge is -2.24. The lowest BCUT2D eigenvalue weighted by Crippen LogP contribution is -2.25. The Morgan fingerprint density at radius 3 is 2.25 bits per heavy atom. The lowest BCUT2D eigenvalue weighted by atomic mass is 10.2. The summed E-state index contributed by atoms with van der Waals surface area (Å²) in [5.74, 6) is 0. The van der Waals surface area contributed by atoms with Gasteiger partial charge in [-0.3, -0.25) is 4.67 Å². The Labute approximate surface area is 61.2 Å². The molecule has 0 spiro atoms. The van der Waals surface area contributed by atoms with Gasteiger partial charge in [0.1, 0.15) is 0 Å². The second-order valence-electron chi connectivity index (χ2n) is 2.21. The van der Waals surface area contributed by atoms with E-state index >= 15 is 0 Å². The average molecular weight is 196 g/mol. The number of halogens is 1. The Balaban J connectivity index is 2.19. The molecule has 3 heteroatoms. The number of hydrogen-bond acceptors (Lipinski definition) is 1. The molecule has 0 aromatic heterocycles. The molecule has 0 aromatic carbocycles. The zero-order valence-corrected chi connectivity index (χ0v) is 7.55. The summed E-state index contributed by atoms with van der Waals surface area (Å²) >= 11 is 3.58. The Morgan fingerprint density at radius 1 is 1.38 bits per heavy atom. The molecular formula is C5H11BrNP. The number of alkyl halides is 1. The van der Waals surface area contributed by atoms with E-state index in [0.717, 1.165) is 4.83 Å². The van der Waals surface area contributed by atoms with Crippen molar-refractivity contribution in [1.82, 2.24) is 4.67 Å². The van der Waals surface area contributed by atoms with Crippen LogP contribution in [0.3, 0.4) is 0 Å². The van der Waals surface area contributed by atoms with Crippen LogP contribution >= 0.6 is 25.3 Å². The Morgan fingerprint density at radius 2 is 1.88 bits per heavy atom. The van der Waals surface area contributed by atoms with E-state index in [9.17, 15) is 0 Å². The van der Waals surface area contributed by atoms with Crippen molar-refractivity contribution in [3.8, 4) is 0 Å². The average Bonchev–Trinajstić information content (AvgIpc) is 1.77. The van der Waals surface area contributed by atoms with E-state index in [1.807, 2.05) is 0 Å². The highest BCUT2D eigenvalue weighted by atomic mass is 79.9. The van der Waals surface area contributed by atoms with Gasteiger partial charge in [-0.25, -0.2) is 0 Å². The monoisotopic (exact) mass is 195 g/mol. The molecule has 0 radical (unpaired) electrons. The molecule has 1 saturated heterocycles. The van der Waals surface area contributed by atoms with Crippen molar-refractivity contribution in [1.29, 1.82) is 0 Å². The van der Waals surface area contributed by atoms with Gasteiger partial charge in [-0.2, -0.15) is 0 Å². The van der Waals surface area contributed by atoms with Crippen LogP contribution in [0.4, 0.5) is 0 Å². The number of hydrogen-bond donors (Lipinski definition) is 0. The zero-order chi connectivity index (χ0) is 5.98. The molecule has 0 saturated carbocycles. The van der Waals surface area contributed by atoms with Gasteiger partial charge < -0.3 is 0 Å². The minimum atomic E-state index is 0.777. The first-order valence-electron chi connectivity index (χ1n) is 2.93. The van der Waals surface area contributed by atoms with E-state index < -0.39 is 0 Å². The molecule has 0 amide bonds. The Hall–Kier alpha value is 0.870. The summed E-state index contributed by atoms with van der Waals surface area (Å²) in [6.45, 7) is 2.45. The molecule has 0 aromatic rings. The molecule has 1 nitrogen and oxygen atoms in total. The smallest absolute Gasteiger partial charge is 0.0170 e. The SMILES string of the molecule is PN1CCC(Br)CC1. The fourth-order valence-electron chi connectivity index (χ4n) is 0.868. The van der Waals surface area contributed by atoms with Gasteiger partial charge in [0, 0.05) is 17.9 Å². The van der Waals surface area contributed by atoms with Crippen molar-refractivity contribution < 1.29 is 0 Å². The van der Waals surface area contributed by atoms with Crippen molar-refractivity contribution in [2.45, 2.75) is 17.7 Å². The van der Waals surface area contributed by atoms with E-state index in [2.05, 4.69) is 30.0 Å². The van der Waals surface area contributed by atoms with E-state index in [1.54, 1.807) is 0 Å². The summed E-state index contributed by atoms with van der Waals surface area (Å²) in [7, 11) is 2.73. The highest BCUT2D eigenvalue weighted by molar-refractivity contribution is 9.09. The summed E-state index contributed by atoms with van der Waals surface area (Å²) in [6.07, 6.45) is 2.59. The van der Waals surface area contributed by atoms with Gasteiger partial charge in [-0.15, -0.1) is 0 Å². The predicted octanol–water partition coefficient (Wildman–Crippen LogP) is 1.64. The van der Waals surface area contributed by atoms with Crippen molar-refractivity contribution >= 4 is 25.3 Å². The molecule has 0 N–H and O–H groups in total. The van der Waals surface area contributed by atoms with Crippen LogP contribution in [0.2, 0.25) is 0 Å². The molecule has 1 aliphatic heterocycles. The highest BCUT2D eigenvalue weighted by Crippen LogP contribution is 2.18. The first-order valence-corrected chi connectivity index (χ1v) is 4.36. The predicted molar refractivity (Wildman–Crippen MR) is 43.2 cm³/mol. The summed E-state index contributed by atoms with van der Waals surface area (Å²) in [6, 6.07) is 0. The van der Waals surface area contributed by atoms with Crippen LogP contribution < -0.4 is 0 Å². The summed E-state index contributed by atoms with van der Waals surface area (Å²) in [4.78, 5) is 0.777. The van der Waals surface area contributed by atoms with Gasteiger partial charge in [0.15, 0.2) is 0 Å². The minimum Gasteiger partial charge on any atom is -0.287 e. The van der Waals surface area contributed by atoms with Crippen molar-refractivity contribution in [2.75, 3.05) is 13.1 Å². The molecule has 1 rings (SSSR count). The molecule has 1 atom stereocenters. The largest absolute Gasteiger partial charge is 0.287 e. The van der Waals surface area contributed by atoms with Gasteiger partial charge in [-0.1, -0.05) is 25.3 Å². The van der Waals surface area contributed by atoms with Crippen LogP contribution in [0.15, 0.2) is 0 Å². The summed E-state index contributed by atoms with van der Waals surface area (Å²) < 4.78 is 2.29. The van der Waals surface area contributed by atoms with Crippen molar-refractivity contribution in [3.05, 3.63) is 0 Å². The topological polar surface area (TPSA) is 3.24 Å². The summed E-state index contributed by atoms with van der Waals surface area (Å²) in [5.41, 5.74) is 0. The molecule has 8 heavy (non-hydrogen) atoms. The summed E-state index contributed by atoms with van der Waals surface area (Å²) in [5, 5.41) is 0. The van der Waals surface area contributed by atoms with Crippen LogP contribution in [0.25, 0.3) is 0 Å². The molecule has 1 fully saturated rings. The van der Waals surface area contributed by atoms with Crippen LogP contribution in [-0.4, -0.2) is 22.6 Å². The lowest BCUT2D eigenvalue weighted by molar-refractivity contribution is 0.390. The van der Waals surface area contributed by atoms with Gasteiger partial charge in [-0.05, 0) is 12.8 Å². The minimum absolute atomic E-state index is 0.777. The van der Waals surface area contributed by atoms with E-state index in [4.69, 9.17) is 0 Å². The van der Waals surface area contributed by atoms with Gasteiger partial charge in [0.25, 0.3) is 0 Å². The second-order valence-corrected chi connectivity index (χ2v) is 4.24. The van der Waals surface area contributed by atoms with Crippen LogP contribution in [-0.2, 0) is 0 Å². The third-order valence-electron chi connectivity index (χ3n) is 1.46. The maximum Gasteiger partial charge on any atom is 0.0170 e. The fraction of sp³-hybridized carbons (Fsp3) is 1.00. The van der Waals surface area contributed by atoms with Crippen molar-refractivity contribution in [3.63, 3.8) is 0 Å². The van der Waals surface area contributed by atoms with Crippen LogP contribution in [0.5, 0.6) is 0 Å². The van der Waals surface area contributed by atoms with E-state index in [0.29, 0.717) is 0 Å². The normalized spacial score (nSPS) is 26.2. The molecule has 1 heterocycles. The van der Waals surface area contributed by atoms with Gasteiger partial charge >= 0.3 is 0 Å². The maximum absolute atomic E-state index is 3.58. The quantitative estimate of drug-likeness (QED) is 0.420. The highest BCUT2D eigenvalue weighted by Gasteiger charge is 2.12. The number of rotatable bonds is 0. The van der Waals surface area contributed by atoms with E-state index in [-0.39, 0.29) is 0 Å². The van der Waals surface area contributed by atoms with E-state index in [1.165, 1.54) is 25.9 Å². The first-order chi connectivity index (χ1) is 3.79. The van der Waals surface area contributed by atoms with Crippen molar-refractivity contribution in [2.24, 2.45) is 0 Å². The third-order valence-corrected chi connectivity index (χ3v) is 2.89. The third kappa shape index (κ3) is 2.00. The number of nitrogens with zero attached hydrogens (tertiary/aromatic N) is 1. The Kier molecular flexibility index (Phi) is 2.74. The molecule has 48 valence electrons.